The predicted octanol–water partition coefficient (Wildman–Crippen LogP) is 1.54. The number of rotatable bonds is 1. The van der Waals surface area contributed by atoms with E-state index >= 15 is 0 Å². The summed E-state index contributed by atoms with van der Waals surface area (Å²) in [4.78, 5) is 0.385. The fourth-order valence-electron chi connectivity index (χ4n) is 2.96. The lowest BCUT2D eigenvalue weighted by Gasteiger charge is -2.41. The molecule has 1 fully saturated rings. The molecule has 1 saturated heterocycles. The molecular weight excluding hydrogens is 262 g/mol. The van der Waals surface area contributed by atoms with Crippen molar-refractivity contribution in [2.45, 2.75) is 36.2 Å². The number of nitrogens with one attached hydrogen (secondary N) is 1. The normalized spacial score (nSPS) is 21.7. The number of benzene rings is 1. The van der Waals surface area contributed by atoms with E-state index in [9.17, 15) is 8.42 Å². The van der Waals surface area contributed by atoms with Crippen molar-refractivity contribution in [1.29, 1.82) is 0 Å². The van der Waals surface area contributed by atoms with Crippen molar-refractivity contribution >= 4 is 9.84 Å². The van der Waals surface area contributed by atoms with Crippen LogP contribution < -0.4 is 10.1 Å². The van der Waals surface area contributed by atoms with Crippen LogP contribution >= 0.6 is 0 Å². The summed E-state index contributed by atoms with van der Waals surface area (Å²) in [7, 11) is -3.14. The number of hydrogen-bond acceptors (Lipinski definition) is 4. The number of ether oxygens (including phenoxy) is 1. The predicted molar refractivity (Wildman–Crippen MR) is 73.3 cm³/mol. The largest absolute Gasteiger partial charge is 0.487 e. The molecule has 2 aliphatic heterocycles. The van der Waals surface area contributed by atoms with Crippen LogP contribution in [0.25, 0.3) is 0 Å². The van der Waals surface area contributed by atoms with Gasteiger partial charge in [-0.3, -0.25) is 0 Å². The smallest absolute Gasteiger partial charge is 0.175 e. The van der Waals surface area contributed by atoms with Crippen LogP contribution in [0, 0.1) is 0 Å². The van der Waals surface area contributed by atoms with Gasteiger partial charge in [-0.15, -0.1) is 0 Å². The minimum atomic E-state index is -3.14. The molecule has 1 aromatic rings. The Hall–Kier alpha value is -1.07. The quantitative estimate of drug-likeness (QED) is 0.848. The van der Waals surface area contributed by atoms with Crippen LogP contribution in [0.5, 0.6) is 5.75 Å². The second kappa shape index (κ2) is 4.49. The summed E-state index contributed by atoms with van der Waals surface area (Å²) in [5.74, 6) is 0.862. The van der Waals surface area contributed by atoms with Crippen LogP contribution in [0.1, 0.15) is 24.8 Å². The van der Waals surface area contributed by atoms with E-state index in [0.717, 1.165) is 50.1 Å². The third kappa shape index (κ3) is 2.49. The van der Waals surface area contributed by atoms with Crippen LogP contribution in [0.15, 0.2) is 23.1 Å². The molecule has 1 spiro atoms. The number of piperidine rings is 1. The fourth-order valence-corrected chi connectivity index (χ4v) is 3.63. The zero-order valence-corrected chi connectivity index (χ0v) is 11.9. The molecule has 3 rings (SSSR count). The molecule has 5 heteroatoms. The third-order valence-electron chi connectivity index (χ3n) is 4.15. The lowest BCUT2D eigenvalue weighted by Crippen LogP contribution is -2.48. The summed E-state index contributed by atoms with van der Waals surface area (Å²) in [6.07, 6.45) is 5.18. The van der Waals surface area contributed by atoms with Gasteiger partial charge in [0.1, 0.15) is 11.4 Å². The standard InChI is InChI=1S/C14H19NO3S/c1-19(16,17)12-2-3-13-11(10-12)4-5-14(18-13)6-8-15-9-7-14/h2-3,10,15H,4-9H2,1H3. The summed E-state index contributed by atoms with van der Waals surface area (Å²) in [6.45, 7) is 1.99. The Morgan fingerprint density at radius 1 is 1.21 bits per heavy atom. The Morgan fingerprint density at radius 3 is 2.63 bits per heavy atom. The lowest BCUT2D eigenvalue weighted by atomic mass is 9.84. The Kier molecular flexibility index (Phi) is 3.06. The molecule has 0 saturated carbocycles. The van der Waals surface area contributed by atoms with Crippen LogP contribution in [-0.4, -0.2) is 33.4 Å². The number of aryl methyl sites for hydroxylation is 1. The average Bonchev–Trinajstić information content (AvgIpc) is 2.38. The number of hydrogen-bond donors (Lipinski definition) is 1. The zero-order valence-electron chi connectivity index (χ0n) is 11.1. The highest BCUT2D eigenvalue weighted by Crippen LogP contribution is 2.38. The van der Waals surface area contributed by atoms with Crippen LogP contribution in [0.3, 0.4) is 0 Å². The van der Waals surface area contributed by atoms with Crippen LogP contribution in [0.2, 0.25) is 0 Å². The van der Waals surface area contributed by atoms with Crippen LogP contribution in [0.4, 0.5) is 0 Å². The second-order valence-electron chi connectivity index (χ2n) is 5.58. The highest BCUT2D eigenvalue weighted by molar-refractivity contribution is 7.90. The maximum Gasteiger partial charge on any atom is 0.175 e. The molecule has 104 valence electrons. The molecule has 0 aromatic heterocycles. The van der Waals surface area contributed by atoms with E-state index < -0.39 is 9.84 Å². The first-order valence-electron chi connectivity index (χ1n) is 6.71. The van der Waals surface area contributed by atoms with Gasteiger partial charge in [0.15, 0.2) is 9.84 Å². The molecular formula is C14H19NO3S. The van der Waals surface area contributed by atoms with E-state index in [1.165, 1.54) is 6.26 Å². The first-order valence-corrected chi connectivity index (χ1v) is 8.60. The summed E-state index contributed by atoms with van der Waals surface area (Å²) in [5.41, 5.74) is 0.984. The zero-order chi connectivity index (χ0) is 13.5. The van der Waals surface area contributed by atoms with Gasteiger partial charge in [0.25, 0.3) is 0 Å². The first-order chi connectivity index (χ1) is 8.99. The molecule has 4 nitrogen and oxygen atoms in total. The van der Waals surface area contributed by atoms with E-state index in [2.05, 4.69) is 5.32 Å². The molecule has 1 N–H and O–H groups in total. The minimum Gasteiger partial charge on any atom is -0.487 e. The molecule has 0 atom stereocenters. The summed E-state index contributed by atoms with van der Waals surface area (Å²) in [6, 6.07) is 5.22. The van der Waals surface area contributed by atoms with Gasteiger partial charge in [0, 0.05) is 6.26 Å². The SMILES string of the molecule is CS(=O)(=O)c1ccc2c(c1)CCC1(CCNCC1)O2. The molecule has 0 amide bonds. The third-order valence-corrected chi connectivity index (χ3v) is 5.26. The molecule has 2 aliphatic rings. The maximum atomic E-state index is 11.6. The molecule has 0 unspecified atom stereocenters. The number of fused-ring (bicyclic) bond motifs is 1. The van der Waals surface area contributed by atoms with Gasteiger partial charge in [0.05, 0.1) is 4.90 Å². The fraction of sp³-hybridized carbons (Fsp3) is 0.571. The molecule has 1 aromatic carbocycles. The molecule has 0 aliphatic carbocycles. The Labute approximate surface area is 114 Å². The Bertz CT molecular complexity index is 589. The van der Waals surface area contributed by atoms with Crippen molar-refractivity contribution in [2.24, 2.45) is 0 Å². The first kappa shape index (κ1) is 12.9. The Balaban J connectivity index is 1.90. The van der Waals surface area contributed by atoms with Gasteiger partial charge >= 0.3 is 0 Å². The van der Waals surface area contributed by atoms with Gasteiger partial charge < -0.3 is 10.1 Å². The van der Waals surface area contributed by atoms with Crippen LogP contribution in [-0.2, 0) is 16.3 Å². The van der Waals surface area contributed by atoms with Gasteiger partial charge in [-0.2, -0.15) is 0 Å². The van der Waals surface area contributed by atoms with E-state index in [1.54, 1.807) is 12.1 Å². The van der Waals surface area contributed by atoms with Crippen molar-refractivity contribution in [2.75, 3.05) is 19.3 Å². The highest BCUT2D eigenvalue weighted by Gasteiger charge is 2.37. The average molecular weight is 281 g/mol. The summed E-state index contributed by atoms with van der Waals surface area (Å²) in [5, 5.41) is 3.35. The molecule has 0 bridgehead atoms. The molecule has 0 radical (unpaired) electrons. The van der Waals surface area contributed by atoms with Gasteiger partial charge in [0.2, 0.25) is 0 Å². The van der Waals surface area contributed by atoms with Crippen molar-refractivity contribution in [3.63, 3.8) is 0 Å². The Morgan fingerprint density at radius 2 is 1.95 bits per heavy atom. The monoisotopic (exact) mass is 281 g/mol. The van der Waals surface area contributed by atoms with Crippen molar-refractivity contribution in [3.05, 3.63) is 23.8 Å². The lowest BCUT2D eigenvalue weighted by molar-refractivity contribution is 0.0169. The van der Waals surface area contributed by atoms with Crippen molar-refractivity contribution in [3.8, 4) is 5.75 Å². The highest BCUT2D eigenvalue weighted by atomic mass is 32.2. The van der Waals surface area contributed by atoms with E-state index in [0.29, 0.717) is 4.90 Å². The van der Waals surface area contributed by atoms with Gasteiger partial charge in [-0.1, -0.05) is 0 Å². The molecule has 2 heterocycles. The second-order valence-corrected chi connectivity index (χ2v) is 7.59. The number of sulfone groups is 1. The summed E-state index contributed by atoms with van der Waals surface area (Å²) < 4.78 is 29.3. The maximum absolute atomic E-state index is 11.6. The van der Waals surface area contributed by atoms with E-state index in [1.807, 2.05) is 6.07 Å². The van der Waals surface area contributed by atoms with Crippen molar-refractivity contribution < 1.29 is 13.2 Å². The summed E-state index contributed by atoms with van der Waals surface area (Å²) >= 11 is 0. The van der Waals surface area contributed by atoms with Gasteiger partial charge in [-0.25, -0.2) is 8.42 Å². The van der Waals surface area contributed by atoms with E-state index in [4.69, 9.17) is 4.74 Å². The van der Waals surface area contributed by atoms with Crippen molar-refractivity contribution in [1.82, 2.24) is 5.32 Å². The van der Waals surface area contributed by atoms with Gasteiger partial charge in [-0.05, 0) is 62.5 Å². The topological polar surface area (TPSA) is 55.4 Å². The minimum absolute atomic E-state index is 0.0368. The molecule has 19 heavy (non-hydrogen) atoms. The van der Waals surface area contributed by atoms with E-state index in [-0.39, 0.29) is 5.60 Å².